The molecule has 206 valence electrons. The number of likely N-dealkylation sites (tertiary alicyclic amines) is 1. The van der Waals surface area contributed by atoms with Gasteiger partial charge in [0.25, 0.3) is 5.91 Å². The Hall–Kier alpha value is -3.73. The van der Waals surface area contributed by atoms with Crippen molar-refractivity contribution in [3.8, 4) is 11.4 Å². The SMILES string of the molecule is C[C@@H]1CN(c2cccc(-c3ccc4cnc(CC(=O)N[C@@H]5CCCN(C(=O)C(F)F)C5)cc4n3)n2)C[C@H](C)O1. The number of hydrogen-bond donors (Lipinski definition) is 1. The Balaban J connectivity index is 1.28. The van der Waals surface area contributed by atoms with Crippen LogP contribution < -0.4 is 10.2 Å². The number of aromatic nitrogens is 3. The number of rotatable bonds is 6. The van der Waals surface area contributed by atoms with Crippen LogP contribution in [-0.2, 0) is 20.7 Å². The molecule has 5 rings (SSSR count). The second-order valence-electron chi connectivity index (χ2n) is 10.3. The highest BCUT2D eigenvalue weighted by molar-refractivity contribution is 5.83. The van der Waals surface area contributed by atoms with Gasteiger partial charge in [0.2, 0.25) is 5.91 Å². The highest BCUT2D eigenvalue weighted by Crippen LogP contribution is 2.24. The van der Waals surface area contributed by atoms with E-state index in [1.165, 1.54) is 0 Å². The molecule has 9 nitrogen and oxygen atoms in total. The van der Waals surface area contributed by atoms with Gasteiger partial charge in [-0.3, -0.25) is 14.6 Å². The Morgan fingerprint density at radius 2 is 1.85 bits per heavy atom. The Kier molecular flexibility index (Phi) is 7.97. The molecule has 0 aromatic carbocycles. The lowest BCUT2D eigenvalue weighted by atomic mass is 10.1. The van der Waals surface area contributed by atoms with E-state index in [-0.39, 0.29) is 43.7 Å². The van der Waals surface area contributed by atoms with Gasteiger partial charge in [-0.25, -0.2) is 9.97 Å². The number of nitrogens with one attached hydrogen (secondary N) is 1. The number of morpholine rings is 1. The first-order valence-corrected chi connectivity index (χ1v) is 13.2. The molecule has 2 fully saturated rings. The van der Waals surface area contributed by atoms with Gasteiger partial charge in [0, 0.05) is 43.8 Å². The smallest absolute Gasteiger partial charge is 0.315 e. The standard InChI is InChI=1S/C28H32F2N6O3/c1-17-14-36(15-18(2)39-17)25-7-3-6-22(34-25)23-9-8-19-13-31-21(11-24(19)33-23)12-26(37)32-20-5-4-10-35(16-20)28(38)27(29)30/h3,6-9,11,13,17-18,20,27H,4-5,10,12,14-16H2,1-2H3,(H,32,37)/t17-,18+,20-/m1/s1. The zero-order valence-electron chi connectivity index (χ0n) is 22.0. The van der Waals surface area contributed by atoms with Crippen LogP contribution in [0.25, 0.3) is 22.3 Å². The number of halogens is 2. The Morgan fingerprint density at radius 1 is 1.08 bits per heavy atom. The molecule has 2 saturated heterocycles. The predicted molar refractivity (Wildman–Crippen MR) is 142 cm³/mol. The van der Waals surface area contributed by atoms with E-state index in [9.17, 15) is 18.4 Å². The lowest BCUT2D eigenvalue weighted by molar-refractivity contribution is -0.144. The molecule has 2 aliphatic heterocycles. The fourth-order valence-electron chi connectivity index (χ4n) is 5.28. The average Bonchev–Trinajstić information content (AvgIpc) is 2.92. The maximum absolute atomic E-state index is 12.8. The number of pyridine rings is 3. The van der Waals surface area contributed by atoms with E-state index in [1.807, 2.05) is 30.3 Å². The largest absolute Gasteiger partial charge is 0.372 e. The first-order chi connectivity index (χ1) is 18.7. The van der Waals surface area contributed by atoms with Crippen LogP contribution in [0, 0.1) is 0 Å². The highest BCUT2D eigenvalue weighted by Gasteiger charge is 2.29. The number of fused-ring (bicyclic) bond motifs is 1. The normalized spacial score (nSPS) is 21.8. The lowest BCUT2D eigenvalue weighted by Gasteiger charge is -2.36. The molecule has 0 spiro atoms. The third-order valence-electron chi connectivity index (χ3n) is 7.00. The van der Waals surface area contributed by atoms with Crippen molar-refractivity contribution in [2.45, 2.75) is 57.8 Å². The van der Waals surface area contributed by atoms with Crippen molar-refractivity contribution in [2.75, 3.05) is 31.1 Å². The van der Waals surface area contributed by atoms with E-state index in [0.717, 1.165) is 34.9 Å². The number of carbonyl (C=O) groups excluding carboxylic acids is 2. The quantitative estimate of drug-likeness (QED) is 0.514. The molecule has 0 unspecified atom stereocenters. The lowest BCUT2D eigenvalue weighted by Crippen LogP contribution is -2.51. The fraction of sp³-hybridized carbons (Fsp3) is 0.464. The maximum Gasteiger partial charge on any atom is 0.315 e. The van der Waals surface area contributed by atoms with Crippen LogP contribution in [0.5, 0.6) is 0 Å². The number of anilines is 1. The third-order valence-corrected chi connectivity index (χ3v) is 7.00. The first kappa shape index (κ1) is 26.9. The number of nitrogens with zero attached hydrogens (tertiary/aromatic N) is 5. The molecule has 2 amide bonds. The topological polar surface area (TPSA) is 101 Å². The number of amides is 2. The minimum atomic E-state index is -3.04. The van der Waals surface area contributed by atoms with Crippen LogP contribution in [0.3, 0.4) is 0 Å². The maximum atomic E-state index is 12.8. The molecule has 5 heterocycles. The number of piperidine rings is 1. The second-order valence-corrected chi connectivity index (χ2v) is 10.3. The molecule has 11 heteroatoms. The molecule has 39 heavy (non-hydrogen) atoms. The van der Waals surface area contributed by atoms with E-state index < -0.39 is 12.3 Å². The summed E-state index contributed by atoms with van der Waals surface area (Å²) >= 11 is 0. The number of ether oxygens (including phenoxy) is 1. The molecule has 1 N–H and O–H groups in total. The first-order valence-electron chi connectivity index (χ1n) is 13.2. The van der Waals surface area contributed by atoms with E-state index in [0.29, 0.717) is 29.7 Å². The molecular formula is C28H32F2N6O3. The molecule has 0 bridgehead atoms. The zero-order chi connectivity index (χ0) is 27.5. The van der Waals surface area contributed by atoms with Crippen molar-refractivity contribution < 1.29 is 23.1 Å². The Bertz CT molecular complexity index is 1350. The summed E-state index contributed by atoms with van der Waals surface area (Å²) < 4.78 is 31.4. The minimum Gasteiger partial charge on any atom is -0.372 e. The van der Waals surface area contributed by atoms with Gasteiger partial charge in [-0.05, 0) is 57.0 Å². The Morgan fingerprint density at radius 3 is 2.62 bits per heavy atom. The third kappa shape index (κ3) is 6.47. The molecule has 0 radical (unpaired) electrons. The molecule has 0 aliphatic carbocycles. The van der Waals surface area contributed by atoms with Gasteiger partial charge in [0.1, 0.15) is 5.82 Å². The molecular weight excluding hydrogens is 506 g/mol. The Labute approximate surface area is 225 Å². The monoisotopic (exact) mass is 538 g/mol. The summed E-state index contributed by atoms with van der Waals surface area (Å²) in [6, 6.07) is 11.1. The van der Waals surface area contributed by atoms with Gasteiger partial charge in [0.15, 0.2) is 0 Å². The predicted octanol–water partition coefficient (Wildman–Crippen LogP) is 3.22. The summed E-state index contributed by atoms with van der Waals surface area (Å²) in [5.74, 6) is -0.598. The molecule has 0 saturated carbocycles. The minimum absolute atomic E-state index is 0.0161. The van der Waals surface area contributed by atoms with Crippen molar-refractivity contribution in [3.05, 3.63) is 48.3 Å². The second kappa shape index (κ2) is 11.6. The summed E-state index contributed by atoms with van der Waals surface area (Å²) in [5.41, 5.74) is 2.69. The fourth-order valence-corrected chi connectivity index (χ4v) is 5.28. The number of hydrogen-bond acceptors (Lipinski definition) is 7. The van der Waals surface area contributed by atoms with Gasteiger partial charge in [-0.15, -0.1) is 0 Å². The van der Waals surface area contributed by atoms with E-state index >= 15 is 0 Å². The average molecular weight is 539 g/mol. The van der Waals surface area contributed by atoms with Gasteiger partial charge >= 0.3 is 6.43 Å². The molecule has 3 aromatic rings. The van der Waals surface area contributed by atoms with Crippen molar-refractivity contribution in [1.82, 2.24) is 25.2 Å². The van der Waals surface area contributed by atoms with Crippen LogP contribution in [-0.4, -0.2) is 82.5 Å². The summed E-state index contributed by atoms with van der Waals surface area (Å²) in [5, 5.41) is 3.69. The summed E-state index contributed by atoms with van der Waals surface area (Å²) in [4.78, 5) is 41.7. The number of carbonyl (C=O) groups is 2. The van der Waals surface area contributed by atoms with Gasteiger partial charge in [-0.1, -0.05) is 6.07 Å². The van der Waals surface area contributed by atoms with E-state index in [4.69, 9.17) is 14.7 Å². The van der Waals surface area contributed by atoms with Crippen molar-refractivity contribution in [1.29, 1.82) is 0 Å². The van der Waals surface area contributed by atoms with Crippen molar-refractivity contribution in [3.63, 3.8) is 0 Å². The highest BCUT2D eigenvalue weighted by atomic mass is 19.3. The van der Waals surface area contributed by atoms with E-state index in [2.05, 4.69) is 29.0 Å². The molecule has 3 atom stereocenters. The van der Waals surface area contributed by atoms with Crippen LogP contribution in [0.2, 0.25) is 0 Å². The van der Waals surface area contributed by atoms with Crippen LogP contribution >= 0.6 is 0 Å². The van der Waals surface area contributed by atoms with Crippen LogP contribution in [0.1, 0.15) is 32.4 Å². The zero-order valence-corrected chi connectivity index (χ0v) is 22.0. The van der Waals surface area contributed by atoms with Crippen molar-refractivity contribution >= 4 is 28.5 Å². The summed E-state index contributed by atoms with van der Waals surface area (Å²) in [6.07, 6.45) is 0.0903. The summed E-state index contributed by atoms with van der Waals surface area (Å²) in [6.45, 7) is 6.01. The molecule has 2 aliphatic rings. The van der Waals surface area contributed by atoms with Gasteiger partial charge < -0.3 is 19.9 Å². The van der Waals surface area contributed by atoms with Crippen LogP contribution in [0.15, 0.2) is 42.6 Å². The van der Waals surface area contributed by atoms with Gasteiger partial charge in [0.05, 0.1) is 41.2 Å². The number of alkyl halides is 2. The van der Waals surface area contributed by atoms with E-state index in [1.54, 1.807) is 12.3 Å². The molecule has 3 aromatic heterocycles. The summed E-state index contributed by atoms with van der Waals surface area (Å²) in [7, 11) is 0. The van der Waals surface area contributed by atoms with Crippen LogP contribution in [0.4, 0.5) is 14.6 Å². The van der Waals surface area contributed by atoms with Crippen molar-refractivity contribution in [2.24, 2.45) is 0 Å². The van der Waals surface area contributed by atoms with Gasteiger partial charge in [-0.2, -0.15) is 8.78 Å².